The number of aromatic nitrogens is 2. The summed E-state index contributed by atoms with van der Waals surface area (Å²) in [7, 11) is 1.59. The molecule has 0 spiro atoms. The highest BCUT2D eigenvalue weighted by Crippen LogP contribution is 2.33. The Labute approximate surface area is 191 Å². The van der Waals surface area contributed by atoms with Crippen LogP contribution in [-0.2, 0) is 11.3 Å². The van der Waals surface area contributed by atoms with E-state index in [1.807, 2.05) is 0 Å². The van der Waals surface area contributed by atoms with Gasteiger partial charge in [0.2, 0.25) is 5.91 Å². The number of aliphatic hydroxyl groups is 1. The topological polar surface area (TPSA) is 104 Å². The van der Waals surface area contributed by atoms with Gasteiger partial charge in [-0.2, -0.15) is 0 Å². The Kier molecular flexibility index (Phi) is 7.21. The van der Waals surface area contributed by atoms with E-state index in [0.717, 1.165) is 5.75 Å². The zero-order valence-corrected chi connectivity index (χ0v) is 18.2. The van der Waals surface area contributed by atoms with E-state index in [-0.39, 0.29) is 19.6 Å². The Morgan fingerprint density at radius 1 is 1.15 bits per heavy atom. The molecule has 0 radical (unpaired) electrons. The van der Waals surface area contributed by atoms with Crippen LogP contribution in [0, 0.1) is 0 Å². The van der Waals surface area contributed by atoms with Crippen LogP contribution >= 0.6 is 0 Å². The third-order valence-electron chi connectivity index (χ3n) is 5.01. The van der Waals surface area contributed by atoms with Crippen LogP contribution in [0.4, 0.5) is 0 Å². The predicted octanol–water partition coefficient (Wildman–Crippen LogP) is 2.83. The fourth-order valence-corrected chi connectivity index (χ4v) is 3.32. The average Bonchev–Trinajstić information content (AvgIpc) is 3.36. The molecule has 1 N–H and O–H groups in total. The Balaban J connectivity index is 1.45. The van der Waals surface area contributed by atoms with Crippen LogP contribution in [0.1, 0.15) is 18.1 Å². The van der Waals surface area contributed by atoms with Crippen LogP contribution in [-0.4, -0.2) is 53.2 Å². The van der Waals surface area contributed by atoms with Crippen molar-refractivity contribution < 1.29 is 28.8 Å². The summed E-state index contributed by atoms with van der Waals surface area (Å²) in [6.45, 7) is 1.29. The number of aliphatic imine (C=N–C) groups is 1. The third kappa shape index (κ3) is 5.89. The number of aliphatic hydroxyl groups excluding tert-OH is 1. The van der Waals surface area contributed by atoms with Crippen LogP contribution < -0.4 is 18.9 Å². The first-order chi connectivity index (χ1) is 16.1. The predicted molar refractivity (Wildman–Crippen MR) is 120 cm³/mol. The van der Waals surface area contributed by atoms with Crippen LogP contribution in [0.3, 0.4) is 0 Å². The van der Waals surface area contributed by atoms with Crippen molar-refractivity contribution in [3.8, 4) is 23.0 Å². The molecule has 1 amide bonds. The highest BCUT2D eigenvalue weighted by Gasteiger charge is 2.21. The first-order valence-electron chi connectivity index (χ1n) is 10.5. The lowest BCUT2D eigenvalue weighted by Gasteiger charge is -2.21. The summed E-state index contributed by atoms with van der Waals surface area (Å²) in [6, 6.07) is 12.3. The number of imidazole rings is 1. The number of nitrogens with zero attached hydrogens (tertiary/aromatic N) is 3. The lowest BCUT2D eigenvalue weighted by molar-refractivity contribution is -0.118. The molecule has 0 saturated heterocycles. The number of ether oxygens (including phenoxy) is 4. The van der Waals surface area contributed by atoms with Gasteiger partial charge in [-0.05, 0) is 42.0 Å². The van der Waals surface area contributed by atoms with Crippen molar-refractivity contribution >= 4 is 11.6 Å². The number of hydrogen-bond acceptors (Lipinski definition) is 7. The standard InChI is InChI=1S/C24H25N3O6/c1-30-18-3-5-19(6-4-18)31-11-8-23(28)26-20(15-27-10-9-25-16-27)24(29)17-2-7-21-22(14-17)33-13-12-32-21/h2-7,9-10,14,16,24,29H,8,11-13,15H2,1H3/t24-/m1/s1. The highest BCUT2D eigenvalue weighted by molar-refractivity contribution is 5.98. The molecule has 1 aliphatic heterocycles. The van der Waals surface area contributed by atoms with E-state index in [1.165, 1.54) is 0 Å². The molecule has 0 unspecified atom stereocenters. The van der Waals surface area contributed by atoms with Crippen molar-refractivity contribution in [1.29, 1.82) is 0 Å². The van der Waals surface area contributed by atoms with Gasteiger partial charge in [-0.3, -0.25) is 4.79 Å². The summed E-state index contributed by atoms with van der Waals surface area (Å²) in [5.41, 5.74) is 0.847. The highest BCUT2D eigenvalue weighted by atomic mass is 16.6. The number of benzene rings is 2. The van der Waals surface area contributed by atoms with Gasteiger partial charge in [0.15, 0.2) is 11.5 Å². The molecule has 4 rings (SSSR count). The number of carbonyl (C=O) groups is 1. The number of fused-ring (bicyclic) bond motifs is 1. The maximum Gasteiger partial charge on any atom is 0.249 e. The molecule has 33 heavy (non-hydrogen) atoms. The SMILES string of the molecule is COc1ccc(OCCC(=O)N=C(Cn2ccnc2)[C@H](O)c2ccc3c(c2)OCCO3)cc1. The first kappa shape index (κ1) is 22.3. The number of hydrogen-bond donors (Lipinski definition) is 1. The molecule has 0 bridgehead atoms. The quantitative estimate of drug-likeness (QED) is 0.499. The van der Waals surface area contributed by atoms with Crippen molar-refractivity contribution in [2.24, 2.45) is 4.99 Å². The largest absolute Gasteiger partial charge is 0.497 e. The molecule has 1 aromatic heterocycles. The molecule has 172 valence electrons. The van der Waals surface area contributed by atoms with Crippen molar-refractivity contribution in [3.05, 3.63) is 66.7 Å². The smallest absolute Gasteiger partial charge is 0.249 e. The number of carbonyl (C=O) groups excluding carboxylic acids is 1. The number of methoxy groups -OCH3 is 1. The summed E-state index contributed by atoms with van der Waals surface area (Å²) in [5.74, 6) is 2.13. The molecule has 0 fully saturated rings. The van der Waals surface area contributed by atoms with Gasteiger partial charge in [-0.1, -0.05) is 6.07 Å². The molecule has 2 aromatic carbocycles. The van der Waals surface area contributed by atoms with Gasteiger partial charge in [0.1, 0.15) is 30.8 Å². The van der Waals surface area contributed by atoms with E-state index in [2.05, 4.69) is 9.98 Å². The van der Waals surface area contributed by atoms with Gasteiger partial charge in [0.25, 0.3) is 0 Å². The zero-order chi connectivity index (χ0) is 23.0. The molecule has 3 aromatic rings. The first-order valence-corrected chi connectivity index (χ1v) is 10.5. The van der Waals surface area contributed by atoms with E-state index in [0.29, 0.717) is 41.7 Å². The molecule has 0 saturated carbocycles. The minimum absolute atomic E-state index is 0.0628. The summed E-state index contributed by atoms with van der Waals surface area (Å²) in [6.07, 6.45) is 3.92. The monoisotopic (exact) mass is 451 g/mol. The van der Waals surface area contributed by atoms with Crippen LogP contribution in [0.5, 0.6) is 23.0 Å². The van der Waals surface area contributed by atoms with Gasteiger partial charge in [-0.25, -0.2) is 9.98 Å². The van der Waals surface area contributed by atoms with Crippen LogP contribution in [0.2, 0.25) is 0 Å². The third-order valence-corrected chi connectivity index (χ3v) is 5.01. The van der Waals surface area contributed by atoms with E-state index >= 15 is 0 Å². The second kappa shape index (κ2) is 10.6. The Morgan fingerprint density at radius 2 is 1.91 bits per heavy atom. The maximum absolute atomic E-state index is 12.6. The molecular weight excluding hydrogens is 426 g/mol. The minimum Gasteiger partial charge on any atom is -0.497 e. The fourth-order valence-electron chi connectivity index (χ4n) is 3.32. The maximum atomic E-state index is 12.6. The Bertz CT molecular complexity index is 1100. The second-order valence-corrected chi connectivity index (χ2v) is 7.31. The van der Waals surface area contributed by atoms with E-state index in [4.69, 9.17) is 18.9 Å². The molecule has 1 atom stereocenters. The van der Waals surface area contributed by atoms with Gasteiger partial charge < -0.3 is 28.6 Å². The number of amides is 1. The van der Waals surface area contributed by atoms with Gasteiger partial charge in [0.05, 0.1) is 38.7 Å². The number of rotatable bonds is 9. The van der Waals surface area contributed by atoms with Gasteiger partial charge in [0, 0.05) is 12.4 Å². The van der Waals surface area contributed by atoms with Crippen molar-refractivity contribution in [2.75, 3.05) is 26.9 Å². The minimum atomic E-state index is -1.10. The zero-order valence-electron chi connectivity index (χ0n) is 18.2. The lowest BCUT2D eigenvalue weighted by Crippen LogP contribution is -2.21. The summed E-state index contributed by atoms with van der Waals surface area (Å²) >= 11 is 0. The lowest BCUT2D eigenvalue weighted by atomic mass is 10.0. The van der Waals surface area contributed by atoms with Gasteiger partial charge >= 0.3 is 0 Å². The van der Waals surface area contributed by atoms with Gasteiger partial charge in [-0.15, -0.1) is 0 Å². The summed E-state index contributed by atoms with van der Waals surface area (Å²) < 4.78 is 23.6. The van der Waals surface area contributed by atoms with Crippen molar-refractivity contribution in [2.45, 2.75) is 19.1 Å². The second-order valence-electron chi connectivity index (χ2n) is 7.31. The van der Waals surface area contributed by atoms with E-state index in [9.17, 15) is 9.90 Å². The van der Waals surface area contributed by atoms with Crippen molar-refractivity contribution in [1.82, 2.24) is 9.55 Å². The Hall–Kier alpha value is -3.85. The Morgan fingerprint density at radius 3 is 2.64 bits per heavy atom. The normalized spacial score (nSPS) is 13.9. The molecular formula is C24H25N3O6. The van der Waals surface area contributed by atoms with E-state index in [1.54, 1.807) is 72.9 Å². The molecule has 9 nitrogen and oxygen atoms in total. The summed E-state index contributed by atoms with van der Waals surface area (Å²) in [4.78, 5) is 20.8. The van der Waals surface area contributed by atoms with E-state index < -0.39 is 12.0 Å². The fraction of sp³-hybridized carbons (Fsp3) is 0.292. The average molecular weight is 451 g/mol. The van der Waals surface area contributed by atoms with Crippen molar-refractivity contribution in [3.63, 3.8) is 0 Å². The summed E-state index contributed by atoms with van der Waals surface area (Å²) in [5, 5.41) is 11.0. The van der Waals surface area contributed by atoms with Crippen LogP contribution in [0.25, 0.3) is 0 Å². The molecule has 1 aliphatic rings. The molecule has 9 heteroatoms. The molecule has 2 heterocycles. The molecule has 0 aliphatic carbocycles. The van der Waals surface area contributed by atoms with Crippen LogP contribution in [0.15, 0.2) is 66.2 Å².